The highest BCUT2D eigenvalue weighted by molar-refractivity contribution is 5.35. The maximum Gasteiger partial charge on any atom is 0.168 e. The number of rotatable bonds is 1. The van der Waals surface area contributed by atoms with E-state index in [0.717, 1.165) is 18.4 Å². The highest BCUT2D eigenvalue weighted by Crippen LogP contribution is 2.45. The minimum atomic E-state index is -0.724. The molecule has 1 N–H and O–H groups in total. The lowest BCUT2D eigenvalue weighted by Crippen LogP contribution is -2.42. The molecule has 3 nitrogen and oxygen atoms in total. The Morgan fingerprint density at radius 3 is 2.21 bits per heavy atom. The Hall–Kier alpha value is -0.900. The molecule has 3 heteroatoms. The lowest BCUT2D eigenvalue weighted by molar-refractivity contribution is -0.204. The average Bonchev–Trinajstić information content (AvgIpc) is 2.82. The Morgan fingerprint density at radius 1 is 1.00 bits per heavy atom. The van der Waals surface area contributed by atoms with Crippen LogP contribution in [0.4, 0.5) is 0 Å². The van der Waals surface area contributed by atoms with Crippen LogP contribution < -0.4 is 0 Å². The summed E-state index contributed by atoms with van der Waals surface area (Å²) >= 11 is 0. The summed E-state index contributed by atoms with van der Waals surface area (Å²) in [7, 11) is 0. The predicted molar refractivity (Wildman–Crippen MR) is 72.9 cm³/mol. The quantitative estimate of drug-likeness (QED) is 0.846. The van der Waals surface area contributed by atoms with Gasteiger partial charge in [0, 0.05) is 12.8 Å². The van der Waals surface area contributed by atoms with Crippen molar-refractivity contribution in [1.82, 2.24) is 0 Å². The number of hydrogen-bond donors (Lipinski definition) is 1. The first-order chi connectivity index (χ1) is 9.03. The van der Waals surface area contributed by atoms with Gasteiger partial charge in [0.1, 0.15) is 0 Å². The molecule has 0 radical (unpaired) electrons. The molecule has 1 spiro atoms. The summed E-state index contributed by atoms with van der Waals surface area (Å²) in [6, 6.07) is 6.28. The molecule has 19 heavy (non-hydrogen) atoms. The second-order valence-corrected chi connectivity index (χ2v) is 5.96. The largest absolute Gasteiger partial charge is 0.385 e. The van der Waals surface area contributed by atoms with Gasteiger partial charge in [-0.3, -0.25) is 0 Å². The number of aryl methyl sites for hydroxylation is 2. The first-order valence-corrected chi connectivity index (χ1v) is 7.11. The third-order valence-corrected chi connectivity index (χ3v) is 4.54. The van der Waals surface area contributed by atoms with E-state index < -0.39 is 11.4 Å². The first kappa shape index (κ1) is 13.1. The monoisotopic (exact) mass is 262 g/mol. The van der Waals surface area contributed by atoms with Crippen molar-refractivity contribution in [3.05, 3.63) is 34.9 Å². The molecule has 0 unspecified atom stereocenters. The Labute approximate surface area is 114 Å². The zero-order valence-corrected chi connectivity index (χ0v) is 11.7. The zero-order chi connectivity index (χ0) is 13.5. The molecule has 1 saturated carbocycles. The Kier molecular flexibility index (Phi) is 3.16. The molecule has 0 amide bonds. The van der Waals surface area contributed by atoms with Gasteiger partial charge in [-0.05, 0) is 37.8 Å². The van der Waals surface area contributed by atoms with Crippen LogP contribution in [0.3, 0.4) is 0 Å². The van der Waals surface area contributed by atoms with Crippen LogP contribution in [-0.2, 0) is 15.1 Å². The van der Waals surface area contributed by atoms with E-state index in [2.05, 4.69) is 32.0 Å². The molecule has 1 aliphatic carbocycles. The summed E-state index contributed by atoms with van der Waals surface area (Å²) in [6.07, 6.45) is 2.96. The fourth-order valence-electron chi connectivity index (χ4n) is 3.44. The molecule has 1 aromatic carbocycles. The number of benzene rings is 1. The number of aliphatic hydroxyl groups is 1. The van der Waals surface area contributed by atoms with E-state index in [-0.39, 0.29) is 0 Å². The van der Waals surface area contributed by atoms with Crippen LogP contribution in [0.25, 0.3) is 0 Å². The van der Waals surface area contributed by atoms with E-state index >= 15 is 0 Å². The second-order valence-electron chi connectivity index (χ2n) is 5.96. The average molecular weight is 262 g/mol. The van der Waals surface area contributed by atoms with Gasteiger partial charge >= 0.3 is 0 Å². The standard InChI is InChI=1S/C16H22O3/c1-12-3-4-14(13(2)11-12)15(17)5-7-16(8-6-15)18-9-10-19-16/h3-4,11,17H,5-10H2,1-2H3. The Balaban J connectivity index is 1.81. The van der Waals surface area contributed by atoms with E-state index in [1.165, 1.54) is 11.1 Å². The summed E-state index contributed by atoms with van der Waals surface area (Å²) in [6.45, 7) is 5.52. The van der Waals surface area contributed by atoms with Gasteiger partial charge in [0.15, 0.2) is 5.79 Å². The molecule has 1 aromatic rings. The van der Waals surface area contributed by atoms with Crippen molar-refractivity contribution in [1.29, 1.82) is 0 Å². The third-order valence-electron chi connectivity index (χ3n) is 4.54. The van der Waals surface area contributed by atoms with Gasteiger partial charge in [-0.15, -0.1) is 0 Å². The van der Waals surface area contributed by atoms with Crippen LogP contribution in [0.5, 0.6) is 0 Å². The lowest BCUT2D eigenvalue weighted by atomic mass is 9.75. The Morgan fingerprint density at radius 2 is 1.63 bits per heavy atom. The summed E-state index contributed by atoms with van der Waals surface area (Å²) < 4.78 is 11.5. The molecule has 2 aliphatic rings. The maximum atomic E-state index is 10.9. The van der Waals surface area contributed by atoms with E-state index in [4.69, 9.17) is 9.47 Å². The summed E-state index contributed by atoms with van der Waals surface area (Å²) in [5.74, 6) is -0.412. The molecule has 2 fully saturated rings. The van der Waals surface area contributed by atoms with Crippen LogP contribution in [0, 0.1) is 13.8 Å². The van der Waals surface area contributed by atoms with E-state index in [9.17, 15) is 5.11 Å². The van der Waals surface area contributed by atoms with Crippen LogP contribution in [0.1, 0.15) is 42.4 Å². The second kappa shape index (κ2) is 4.58. The minimum Gasteiger partial charge on any atom is -0.385 e. The molecule has 1 saturated heterocycles. The SMILES string of the molecule is Cc1ccc(C2(O)CCC3(CC2)OCCO3)c(C)c1. The lowest BCUT2D eigenvalue weighted by Gasteiger charge is -2.41. The van der Waals surface area contributed by atoms with Crippen molar-refractivity contribution in [3.63, 3.8) is 0 Å². The normalized spacial score (nSPS) is 24.8. The molecule has 1 heterocycles. The highest BCUT2D eigenvalue weighted by atomic mass is 16.7. The van der Waals surface area contributed by atoms with Crippen molar-refractivity contribution in [2.75, 3.05) is 13.2 Å². The van der Waals surface area contributed by atoms with E-state index in [1.807, 2.05) is 0 Å². The molecule has 0 aromatic heterocycles. The fraction of sp³-hybridized carbons (Fsp3) is 0.625. The molecule has 0 bridgehead atoms. The van der Waals surface area contributed by atoms with Crippen molar-refractivity contribution in [3.8, 4) is 0 Å². The molecular formula is C16H22O3. The van der Waals surface area contributed by atoms with Gasteiger partial charge in [0.25, 0.3) is 0 Å². The fourth-order valence-corrected chi connectivity index (χ4v) is 3.44. The van der Waals surface area contributed by atoms with E-state index in [0.29, 0.717) is 26.1 Å². The molecular weight excluding hydrogens is 240 g/mol. The minimum absolute atomic E-state index is 0.412. The van der Waals surface area contributed by atoms with Crippen molar-refractivity contribution in [2.45, 2.75) is 50.9 Å². The Bertz CT molecular complexity index is 465. The van der Waals surface area contributed by atoms with Crippen molar-refractivity contribution >= 4 is 0 Å². The zero-order valence-electron chi connectivity index (χ0n) is 11.7. The van der Waals surface area contributed by atoms with Gasteiger partial charge < -0.3 is 14.6 Å². The summed E-state index contributed by atoms with van der Waals surface area (Å²) in [5, 5.41) is 10.9. The number of ether oxygens (including phenoxy) is 2. The summed E-state index contributed by atoms with van der Waals surface area (Å²) in [4.78, 5) is 0. The van der Waals surface area contributed by atoms with Gasteiger partial charge in [0.2, 0.25) is 0 Å². The first-order valence-electron chi connectivity index (χ1n) is 7.11. The molecule has 0 atom stereocenters. The third kappa shape index (κ3) is 2.31. The predicted octanol–water partition coefficient (Wildman–Crippen LogP) is 2.81. The van der Waals surface area contributed by atoms with Crippen LogP contribution in [0.2, 0.25) is 0 Å². The number of hydrogen-bond acceptors (Lipinski definition) is 3. The van der Waals surface area contributed by atoms with Crippen LogP contribution in [-0.4, -0.2) is 24.1 Å². The van der Waals surface area contributed by atoms with Gasteiger partial charge in [-0.2, -0.15) is 0 Å². The van der Waals surface area contributed by atoms with Crippen LogP contribution >= 0.6 is 0 Å². The van der Waals surface area contributed by atoms with Gasteiger partial charge in [0.05, 0.1) is 18.8 Å². The molecule has 1 aliphatic heterocycles. The molecule has 104 valence electrons. The highest BCUT2D eigenvalue weighted by Gasteiger charge is 2.46. The topological polar surface area (TPSA) is 38.7 Å². The summed E-state index contributed by atoms with van der Waals surface area (Å²) in [5.41, 5.74) is 2.75. The van der Waals surface area contributed by atoms with Gasteiger partial charge in [-0.25, -0.2) is 0 Å². The van der Waals surface area contributed by atoms with Crippen LogP contribution in [0.15, 0.2) is 18.2 Å². The van der Waals surface area contributed by atoms with Crippen molar-refractivity contribution < 1.29 is 14.6 Å². The smallest absolute Gasteiger partial charge is 0.168 e. The maximum absolute atomic E-state index is 10.9. The molecule has 3 rings (SSSR count). The van der Waals surface area contributed by atoms with Crippen molar-refractivity contribution in [2.24, 2.45) is 0 Å². The van der Waals surface area contributed by atoms with Gasteiger partial charge in [-0.1, -0.05) is 23.8 Å². The van der Waals surface area contributed by atoms with E-state index in [1.54, 1.807) is 0 Å².